The molecule has 0 aliphatic rings. The van der Waals surface area contributed by atoms with Gasteiger partial charge < -0.3 is 4.74 Å². The first-order valence-corrected chi connectivity index (χ1v) is 6.01. The molecule has 0 amide bonds. The van der Waals surface area contributed by atoms with Crippen LogP contribution in [0.3, 0.4) is 0 Å². The first-order valence-electron chi connectivity index (χ1n) is 4.69. The summed E-state index contributed by atoms with van der Waals surface area (Å²) in [7, 11) is 0. The van der Waals surface area contributed by atoms with Gasteiger partial charge >= 0.3 is 0 Å². The van der Waals surface area contributed by atoms with Crippen LogP contribution in [0.25, 0.3) is 0 Å². The molecule has 0 fully saturated rings. The van der Waals surface area contributed by atoms with Crippen LogP contribution >= 0.6 is 22.9 Å². The van der Waals surface area contributed by atoms with Gasteiger partial charge in [-0.05, 0) is 17.0 Å². The number of hydrogen-bond donors (Lipinski definition) is 0. The zero-order chi connectivity index (χ0) is 10.5. The van der Waals surface area contributed by atoms with Gasteiger partial charge in [-0.25, -0.2) is 0 Å². The highest BCUT2D eigenvalue weighted by atomic mass is 35.5. The van der Waals surface area contributed by atoms with E-state index in [0.29, 0.717) is 6.61 Å². The summed E-state index contributed by atoms with van der Waals surface area (Å²) in [4.78, 5) is 1.19. The van der Waals surface area contributed by atoms with Crippen molar-refractivity contribution in [2.75, 3.05) is 0 Å². The summed E-state index contributed by atoms with van der Waals surface area (Å²) in [6, 6.07) is 13.9. The molecule has 0 N–H and O–H groups in total. The molecule has 0 spiro atoms. The quantitative estimate of drug-likeness (QED) is 0.726. The van der Waals surface area contributed by atoms with E-state index >= 15 is 0 Å². The van der Waals surface area contributed by atoms with Crippen LogP contribution < -0.4 is 0 Å². The average molecular weight is 239 g/mol. The number of hydrogen-bond acceptors (Lipinski definition) is 2. The van der Waals surface area contributed by atoms with Crippen LogP contribution in [0, 0.1) is 0 Å². The number of ether oxygens (including phenoxy) is 1. The van der Waals surface area contributed by atoms with Crippen molar-refractivity contribution < 1.29 is 4.74 Å². The molecule has 3 heteroatoms. The first-order chi connectivity index (χ1) is 7.36. The standard InChI is InChI=1S/C12H11ClOS/c13-12(10-5-2-1-3-6-10)14-9-11-7-4-8-15-11/h1-8,12H,9H2. The maximum absolute atomic E-state index is 6.11. The molecule has 1 aromatic carbocycles. The Kier molecular flexibility index (Phi) is 3.78. The molecule has 1 aromatic heterocycles. The summed E-state index contributed by atoms with van der Waals surface area (Å²) in [5, 5.41) is 2.03. The Balaban J connectivity index is 1.90. The minimum absolute atomic E-state index is 0.367. The second-order valence-electron chi connectivity index (χ2n) is 3.12. The first kappa shape index (κ1) is 10.7. The number of benzene rings is 1. The minimum atomic E-state index is -0.367. The van der Waals surface area contributed by atoms with E-state index in [-0.39, 0.29) is 5.56 Å². The van der Waals surface area contributed by atoms with Crippen LogP contribution in [0.1, 0.15) is 16.0 Å². The van der Waals surface area contributed by atoms with Gasteiger partial charge in [-0.2, -0.15) is 0 Å². The lowest BCUT2D eigenvalue weighted by Crippen LogP contribution is -1.96. The zero-order valence-corrected chi connectivity index (χ0v) is 9.67. The third kappa shape index (κ3) is 3.06. The lowest BCUT2D eigenvalue weighted by molar-refractivity contribution is 0.0963. The third-order valence-corrected chi connectivity index (χ3v) is 3.24. The Hall–Kier alpha value is -0.830. The number of halogens is 1. The molecule has 78 valence electrons. The highest BCUT2D eigenvalue weighted by Gasteiger charge is 2.07. The van der Waals surface area contributed by atoms with E-state index in [1.807, 2.05) is 47.8 Å². The largest absolute Gasteiger partial charge is 0.353 e. The molecule has 0 aliphatic carbocycles. The number of thiophene rings is 1. The lowest BCUT2D eigenvalue weighted by atomic mass is 10.2. The molecule has 15 heavy (non-hydrogen) atoms. The van der Waals surface area contributed by atoms with Crippen LogP contribution in [-0.2, 0) is 11.3 Å². The van der Waals surface area contributed by atoms with E-state index in [1.165, 1.54) is 4.88 Å². The fraction of sp³-hybridized carbons (Fsp3) is 0.167. The fourth-order valence-corrected chi connectivity index (χ4v) is 2.08. The lowest BCUT2D eigenvalue weighted by Gasteiger charge is -2.10. The second-order valence-corrected chi connectivity index (χ2v) is 4.55. The van der Waals surface area contributed by atoms with Gasteiger partial charge in [-0.15, -0.1) is 11.3 Å². The van der Waals surface area contributed by atoms with Crippen LogP contribution in [0.4, 0.5) is 0 Å². The molecule has 1 unspecified atom stereocenters. The van der Waals surface area contributed by atoms with Gasteiger partial charge in [0.1, 0.15) is 0 Å². The fourth-order valence-electron chi connectivity index (χ4n) is 1.25. The third-order valence-electron chi connectivity index (χ3n) is 2.01. The Morgan fingerprint density at radius 1 is 1.13 bits per heavy atom. The molecule has 0 saturated carbocycles. The molecule has 1 atom stereocenters. The highest BCUT2D eigenvalue weighted by Crippen LogP contribution is 2.23. The van der Waals surface area contributed by atoms with E-state index in [9.17, 15) is 0 Å². The van der Waals surface area contributed by atoms with Crippen molar-refractivity contribution in [3.8, 4) is 0 Å². The molecule has 2 rings (SSSR count). The van der Waals surface area contributed by atoms with Crippen molar-refractivity contribution in [1.29, 1.82) is 0 Å². The molecule has 0 aliphatic heterocycles. The van der Waals surface area contributed by atoms with Gasteiger partial charge in [0.2, 0.25) is 0 Å². The van der Waals surface area contributed by atoms with Gasteiger partial charge in [0.05, 0.1) is 6.61 Å². The molecular weight excluding hydrogens is 228 g/mol. The van der Waals surface area contributed by atoms with Crippen LogP contribution in [0.15, 0.2) is 47.8 Å². The van der Waals surface area contributed by atoms with E-state index in [4.69, 9.17) is 16.3 Å². The van der Waals surface area contributed by atoms with Crippen LogP contribution in [0.5, 0.6) is 0 Å². The summed E-state index contributed by atoms with van der Waals surface area (Å²) in [6.45, 7) is 0.570. The van der Waals surface area contributed by atoms with Crippen molar-refractivity contribution in [2.24, 2.45) is 0 Å². The van der Waals surface area contributed by atoms with Crippen molar-refractivity contribution in [3.63, 3.8) is 0 Å². The van der Waals surface area contributed by atoms with Crippen LogP contribution in [-0.4, -0.2) is 0 Å². The smallest absolute Gasteiger partial charge is 0.157 e. The van der Waals surface area contributed by atoms with Crippen molar-refractivity contribution in [3.05, 3.63) is 58.3 Å². The van der Waals surface area contributed by atoms with Crippen molar-refractivity contribution >= 4 is 22.9 Å². The van der Waals surface area contributed by atoms with Gasteiger partial charge in [-0.3, -0.25) is 0 Å². The van der Waals surface area contributed by atoms with Gasteiger partial charge in [-0.1, -0.05) is 48.0 Å². The second kappa shape index (κ2) is 5.31. The predicted octanol–water partition coefficient (Wildman–Crippen LogP) is 4.20. The van der Waals surface area contributed by atoms with Crippen molar-refractivity contribution in [2.45, 2.75) is 12.2 Å². The average Bonchev–Trinajstić information content (AvgIpc) is 2.80. The number of alkyl halides is 1. The van der Waals surface area contributed by atoms with Gasteiger partial charge in [0, 0.05) is 4.88 Å². The topological polar surface area (TPSA) is 9.23 Å². The number of rotatable bonds is 4. The Labute approximate surface area is 98.3 Å². The normalized spacial score (nSPS) is 12.6. The molecule has 1 nitrogen and oxygen atoms in total. The summed E-state index contributed by atoms with van der Waals surface area (Å²) >= 11 is 7.78. The SMILES string of the molecule is ClC(OCc1cccs1)c1ccccc1. The van der Waals surface area contributed by atoms with E-state index < -0.39 is 0 Å². The Bertz CT molecular complexity index is 385. The Morgan fingerprint density at radius 2 is 1.93 bits per heavy atom. The predicted molar refractivity (Wildman–Crippen MR) is 64.1 cm³/mol. The Morgan fingerprint density at radius 3 is 2.60 bits per heavy atom. The van der Waals surface area contributed by atoms with E-state index in [2.05, 4.69) is 0 Å². The summed E-state index contributed by atoms with van der Waals surface area (Å²) in [6.07, 6.45) is 0. The maximum Gasteiger partial charge on any atom is 0.157 e. The molecule has 1 heterocycles. The monoisotopic (exact) mass is 238 g/mol. The van der Waals surface area contributed by atoms with Crippen molar-refractivity contribution in [1.82, 2.24) is 0 Å². The minimum Gasteiger partial charge on any atom is -0.353 e. The molecule has 2 aromatic rings. The molecular formula is C12H11ClOS. The summed E-state index contributed by atoms with van der Waals surface area (Å²) in [5.41, 5.74) is 0.629. The van der Waals surface area contributed by atoms with E-state index in [0.717, 1.165) is 5.56 Å². The molecule has 0 saturated heterocycles. The summed E-state index contributed by atoms with van der Waals surface area (Å²) in [5.74, 6) is 0. The highest BCUT2D eigenvalue weighted by molar-refractivity contribution is 7.09. The van der Waals surface area contributed by atoms with Gasteiger partial charge in [0.15, 0.2) is 5.56 Å². The zero-order valence-electron chi connectivity index (χ0n) is 8.10. The van der Waals surface area contributed by atoms with E-state index in [1.54, 1.807) is 11.3 Å². The van der Waals surface area contributed by atoms with Crippen LogP contribution in [0.2, 0.25) is 0 Å². The molecule has 0 radical (unpaired) electrons. The summed E-state index contributed by atoms with van der Waals surface area (Å²) < 4.78 is 5.55. The maximum atomic E-state index is 6.11. The molecule has 0 bridgehead atoms. The van der Waals surface area contributed by atoms with Gasteiger partial charge in [0.25, 0.3) is 0 Å².